The minimum Gasteiger partial charge on any atom is -0.497 e. The van der Waals surface area contributed by atoms with Crippen molar-refractivity contribution in [3.05, 3.63) is 83.9 Å². The minimum atomic E-state index is -4.21. The van der Waals surface area contributed by atoms with E-state index in [-0.39, 0.29) is 28.8 Å². The van der Waals surface area contributed by atoms with Gasteiger partial charge in [-0.2, -0.15) is 0 Å². The number of ether oxygens (including phenoxy) is 2. The third kappa shape index (κ3) is 8.00. The highest BCUT2D eigenvalue weighted by molar-refractivity contribution is 7.92. The number of aryl methyl sites for hydroxylation is 1. The lowest BCUT2D eigenvalue weighted by Crippen LogP contribution is -2.54. The highest BCUT2D eigenvalue weighted by Gasteiger charge is 2.34. The number of hydrogen-bond acceptors (Lipinski definition) is 6. The molecule has 3 aromatic rings. The molecule has 3 rings (SSSR count). The van der Waals surface area contributed by atoms with Crippen molar-refractivity contribution < 1.29 is 27.5 Å². The van der Waals surface area contributed by atoms with Crippen LogP contribution < -0.4 is 19.1 Å². The van der Waals surface area contributed by atoms with Crippen molar-refractivity contribution in [3.63, 3.8) is 0 Å². The summed E-state index contributed by atoms with van der Waals surface area (Å²) in [6.07, 6.45) is 0. The second-order valence-electron chi connectivity index (χ2n) is 10.8. The molecule has 3 aromatic carbocycles. The van der Waals surface area contributed by atoms with E-state index >= 15 is 0 Å². The number of nitrogens with one attached hydrogen (secondary N) is 1. The fourth-order valence-electron chi connectivity index (χ4n) is 4.21. The van der Waals surface area contributed by atoms with E-state index in [0.717, 1.165) is 15.4 Å². The Morgan fingerprint density at radius 1 is 0.927 bits per heavy atom. The number of nitrogens with zero attached hydrogens (tertiary/aromatic N) is 2. The molecule has 0 heterocycles. The van der Waals surface area contributed by atoms with E-state index in [1.54, 1.807) is 68.6 Å². The summed E-state index contributed by atoms with van der Waals surface area (Å²) in [5.41, 5.74) is 1.29. The van der Waals surface area contributed by atoms with Crippen LogP contribution in [0, 0.1) is 6.92 Å². The maximum absolute atomic E-state index is 14.1. The molecule has 0 fully saturated rings. The van der Waals surface area contributed by atoms with Gasteiger partial charge in [0.15, 0.2) is 0 Å². The van der Waals surface area contributed by atoms with Crippen LogP contribution in [0.25, 0.3) is 0 Å². The van der Waals surface area contributed by atoms with E-state index in [2.05, 4.69) is 5.32 Å². The zero-order chi connectivity index (χ0) is 30.4. The first kappa shape index (κ1) is 31.5. The molecular formula is C31H39N3O6S. The normalized spacial score (nSPS) is 12.3. The topological polar surface area (TPSA) is 105 Å². The number of rotatable bonds is 11. The molecule has 0 saturated heterocycles. The van der Waals surface area contributed by atoms with Gasteiger partial charge in [0, 0.05) is 12.1 Å². The summed E-state index contributed by atoms with van der Waals surface area (Å²) in [5, 5.41) is 2.92. The van der Waals surface area contributed by atoms with Crippen molar-refractivity contribution in [2.24, 2.45) is 0 Å². The van der Waals surface area contributed by atoms with Crippen LogP contribution in [0.5, 0.6) is 11.5 Å². The molecule has 0 aliphatic rings. The van der Waals surface area contributed by atoms with Gasteiger partial charge in [0.25, 0.3) is 10.0 Å². The van der Waals surface area contributed by atoms with Crippen molar-refractivity contribution in [1.82, 2.24) is 10.2 Å². The van der Waals surface area contributed by atoms with Crippen molar-refractivity contribution in [2.45, 2.75) is 57.6 Å². The van der Waals surface area contributed by atoms with Crippen molar-refractivity contribution in [3.8, 4) is 11.5 Å². The molecule has 0 unspecified atom stereocenters. The molecule has 9 nitrogen and oxygen atoms in total. The first-order chi connectivity index (χ1) is 19.3. The molecule has 220 valence electrons. The van der Waals surface area contributed by atoms with Crippen LogP contribution in [0.4, 0.5) is 5.69 Å². The van der Waals surface area contributed by atoms with Crippen LogP contribution in [-0.4, -0.2) is 57.5 Å². The van der Waals surface area contributed by atoms with Gasteiger partial charge in [-0.05, 0) is 76.6 Å². The Morgan fingerprint density at radius 2 is 1.59 bits per heavy atom. The standard InChI is InChI=1S/C31H39N3O6S/c1-22-15-17-26(18-16-22)41(37,38)34(27-13-8-9-14-28(27)40-7)21-29(35)33(23(2)30(36)32-31(3,4)5)20-24-11-10-12-25(19-24)39-6/h8-19,23H,20-21H2,1-7H3,(H,32,36)/t23-/m1/s1. The Hall–Kier alpha value is -4.05. The Kier molecular flexibility index (Phi) is 10.0. The number of para-hydroxylation sites is 2. The number of carbonyl (C=O) groups is 2. The molecule has 0 bridgehead atoms. The zero-order valence-electron chi connectivity index (χ0n) is 24.7. The van der Waals surface area contributed by atoms with Gasteiger partial charge in [0.05, 0.1) is 24.8 Å². The average Bonchev–Trinajstić information content (AvgIpc) is 2.93. The van der Waals surface area contributed by atoms with Gasteiger partial charge in [-0.15, -0.1) is 0 Å². The summed E-state index contributed by atoms with van der Waals surface area (Å²) in [6.45, 7) is 8.53. The summed E-state index contributed by atoms with van der Waals surface area (Å²) in [7, 11) is -1.23. The van der Waals surface area contributed by atoms with E-state index in [0.29, 0.717) is 5.75 Å². The molecule has 10 heteroatoms. The number of sulfonamides is 1. The summed E-state index contributed by atoms with van der Waals surface area (Å²) in [6, 6.07) is 19.3. The zero-order valence-corrected chi connectivity index (χ0v) is 25.5. The first-order valence-corrected chi connectivity index (χ1v) is 14.7. The lowest BCUT2D eigenvalue weighted by Gasteiger charge is -2.33. The fraction of sp³-hybridized carbons (Fsp3) is 0.355. The number of methoxy groups -OCH3 is 2. The van der Waals surface area contributed by atoms with Crippen LogP contribution in [0.15, 0.2) is 77.7 Å². The van der Waals surface area contributed by atoms with Crippen molar-refractivity contribution in [1.29, 1.82) is 0 Å². The fourth-order valence-corrected chi connectivity index (χ4v) is 5.64. The molecule has 0 spiro atoms. The number of benzene rings is 3. The molecule has 0 aliphatic heterocycles. The molecule has 2 amide bonds. The monoisotopic (exact) mass is 581 g/mol. The molecule has 0 radical (unpaired) electrons. The van der Waals surface area contributed by atoms with Gasteiger partial charge in [0.1, 0.15) is 24.1 Å². The lowest BCUT2D eigenvalue weighted by atomic mass is 10.1. The quantitative estimate of drug-likeness (QED) is 0.357. The molecule has 0 saturated carbocycles. The van der Waals surface area contributed by atoms with E-state index < -0.39 is 34.1 Å². The Balaban J connectivity index is 2.08. The molecule has 1 N–H and O–H groups in total. The summed E-state index contributed by atoms with van der Waals surface area (Å²) < 4.78 is 39.9. The van der Waals surface area contributed by atoms with Gasteiger partial charge in [-0.1, -0.05) is 42.0 Å². The maximum Gasteiger partial charge on any atom is 0.264 e. The van der Waals surface area contributed by atoms with Gasteiger partial charge < -0.3 is 19.7 Å². The van der Waals surface area contributed by atoms with Gasteiger partial charge in [-0.3, -0.25) is 13.9 Å². The molecule has 0 aliphatic carbocycles. The smallest absolute Gasteiger partial charge is 0.264 e. The van der Waals surface area contributed by atoms with Gasteiger partial charge >= 0.3 is 0 Å². The van der Waals surface area contributed by atoms with Crippen LogP contribution >= 0.6 is 0 Å². The molecular weight excluding hydrogens is 542 g/mol. The molecule has 41 heavy (non-hydrogen) atoms. The predicted molar refractivity (Wildman–Crippen MR) is 160 cm³/mol. The largest absolute Gasteiger partial charge is 0.497 e. The SMILES string of the molecule is COc1cccc(CN(C(=O)CN(c2ccccc2OC)S(=O)(=O)c2ccc(C)cc2)[C@H](C)C(=O)NC(C)(C)C)c1. The van der Waals surface area contributed by atoms with Crippen molar-refractivity contribution >= 4 is 27.5 Å². The Labute approximate surface area is 243 Å². The number of carbonyl (C=O) groups excluding carboxylic acids is 2. The van der Waals surface area contributed by atoms with Crippen molar-refractivity contribution in [2.75, 3.05) is 25.1 Å². The van der Waals surface area contributed by atoms with Crippen LogP contribution in [-0.2, 0) is 26.2 Å². The first-order valence-electron chi connectivity index (χ1n) is 13.2. The minimum absolute atomic E-state index is 0.0275. The summed E-state index contributed by atoms with van der Waals surface area (Å²) in [4.78, 5) is 28.7. The third-order valence-corrected chi connectivity index (χ3v) is 8.17. The molecule has 1 atom stereocenters. The van der Waals surface area contributed by atoms with Crippen LogP contribution in [0.1, 0.15) is 38.8 Å². The Bertz CT molecular complexity index is 1470. The number of anilines is 1. The second kappa shape index (κ2) is 13.1. The van der Waals surface area contributed by atoms with Gasteiger partial charge in [-0.25, -0.2) is 8.42 Å². The summed E-state index contributed by atoms with van der Waals surface area (Å²) >= 11 is 0. The highest BCUT2D eigenvalue weighted by atomic mass is 32.2. The lowest BCUT2D eigenvalue weighted by molar-refractivity contribution is -0.140. The molecule has 0 aromatic heterocycles. The second-order valence-corrected chi connectivity index (χ2v) is 12.6. The van der Waals surface area contributed by atoms with E-state index in [4.69, 9.17) is 9.47 Å². The highest BCUT2D eigenvalue weighted by Crippen LogP contribution is 2.32. The van der Waals surface area contributed by atoms with E-state index in [1.807, 2.05) is 33.8 Å². The summed E-state index contributed by atoms with van der Waals surface area (Å²) in [5.74, 6) is -0.0434. The number of hydrogen-bond donors (Lipinski definition) is 1. The third-order valence-electron chi connectivity index (χ3n) is 6.39. The van der Waals surface area contributed by atoms with Crippen LogP contribution in [0.2, 0.25) is 0 Å². The van der Waals surface area contributed by atoms with E-state index in [9.17, 15) is 18.0 Å². The van der Waals surface area contributed by atoms with Gasteiger partial charge in [0.2, 0.25) is 11.8 Å². The Morgan fingerprint density at radius 3 is 2.20 bits per heavy atom. The maximum atomic E-state index is 14.1. The average molecular weight is 582 g/mol. The van der Waals surface area contributed by atoms with Crippen LogP contribution in [0.3, 0.4) is 0 Å². The predicted octanol–water partition coefficient (Wildman–Crippen LogP) is 4.54. The number of amides is 2. The van der Waals surface area contributed by atoms with E-state index in [1.165, 1.54) is 24.1 Å².